The molecule has 4 rings (SSSR count). The van der Waals surface area contributed by atoms with Crippen molar-refractivity contribution in [3.63, 3.8) is 0 Å². The van der Waals surface area contributed by atoms with Gasteiger partial charge in [-0.2, -0.15) is 0 Å². The van der Waals surface area contributed by atoms with Crippen LogP contribution in [0.5, 0.6) is 0 Å². The lowest BCUT2D eigenvalue weighted by atomic mass is 10.2. The van der Waals surface area contributed by atoms with Gasteiger partial charge >= 0.3 is 0 Å². The molecule has 1 N–H and O–H groups in total. The van der Waals surface area contributed by atoms with Crippen LogP contribution in [0.1, 0.15) is 6.92 Å². The minimum Gasteiger partial charge on any atom is -0.301 e. The van der Waals surface area contributed by atoms with Crippen molar-refractivity contribution in [2.24, 2.45) is 0 Å². The van der Waals surface area contributed by atoms with Crippen molar-refractivity contribution in [2.75, 3.05) is 5.32 Å². The second-order valence-corrected chi connectivity index (χ2v) is 8.72. The topological polar surface area (TPSA) is 72.7 Å². The van der Waals surface area contributed by atoms with Crippen LogP contribution in [0, 0.1) is 0 Å². The second kappa shape index (κ2) is 8.77. The molecule has 0 bridgehead atoms. The zero-order valence-electron chi connectivity index (χ0n) is 15.3. The largest absolute Gasteiger partial charge is 0.301 e. The number of carbonyl (C=O) groups is 1. The SMILES string of the molecule is CC(Sc1nncn1-c1cccc(Cl)c1)C(=O)Nc1nc(-c2ccccc2)cs1. The molecule has 0 spiro atoms. The van der Waals surface area contributed by atoms with E-state index in [2.05, 4.69) is 20.5 Å². The van der Waals surface area contributed by atoms with E-state index in [0.29, 0.717) is 15.3 Å². The van der Waals surface area contributed by atoms with Crippen LogP contribution < -0.4 is 5.32 Å². The van der Waals surface area contributed by atoms with Crippen molar-refractivity contribution >= 4 is 45.7 Å². The van der Waals surface area contributed by atoms with Gasteiger partial charge in [-0.25, -0.2) is 4.98 Å². The molecular formula is C20H16ClN5OS2. The van der Waals surface area contributed by atoms with E-state index in [1.165, 1.54) is 23.1 Å². The van der Waals surface area contributed by atoms with Crippen LogP contribution in [0.25, 0.3) is 16.9 Å². The van der Waals surface area contributed by atoms with Gasteiger partial charge in [0.25, 0.3) is 0 Å². The molecule has 1 amide bonds. The highest BCUT2D eigenvalue weighted by Gasteiger charge is 2.20. The predicted molar refractivity (Wildman–Crippen MR) is 118 cm³/mol. The molecule has 0 aliphatic rings. The van der Waals surface area contributed by atoms with Crippen LogP contribution in [0.15, 0.2) is 71.5 Å². The first kappa shape index (κ1) is 19.6. The van der Waals surface area contributed by atoms with E-state index >= 15 is 0 Å². The van der Waals surface area contributed by atoms with Crippen LogP contribution >= 0.6 is 34.7 Å². The summed E-state index contributed by atoms with van der Waals surface area (Å²) in [5, 5.41) is 14.3. The number of nitrogens with zero attached hydrogens (tertiary/aromatic N) is 4. The molecule has 2 aromatic carbocycles. The average molecular weight is 442 g/mol. The van der Waals surface area contributed by atoms with Crippen LogP contribution in [-0.4, -0.2) is 30.9 Å². The molecule has 0 aliphatic carbocycles. The number of rotatable bonds is 6. The summed E-state index contributed by atoms with van der Waals surface area (Å²) in [5.41, 5.74) is 2.69. The Bertz CT molecular complexity index is 1130. The van der Waals surface area contributed by atoms with E-state index in [1.54, 1.807) is 17.0 Å². The smallest absolute Gasteiger partial charge is 0.239 e. The van der Waals surface area contributed by atoms with E-state index in [0.717, 1.165) is 16.9 Å². The Morgan fingerprint density at radius 2 is 2.03 bits per heavy atom. The first-order valence-corrected chi connectivity index (χ1v) is 10.9. The molecule has 6 nitrogen and oxygen atoms in total. The van der Waals surface area contributed by atoms with Crippen molar-refractivity contribution in [1.82, 2.24) is 19.7 Å². The first-order valence-electron chi connectivity index (χ1n) is 8.74. The fourth-order valence-corrected chi connectivity index (χ4v) is 4.35. The van der Waals surface area contributed by atoms with Crippen LogP contribution in [-0.2, 0) is 4.79 Å². The monoisotopic (exact) mass is 441 g/mol. The zero-order valence-corrected chi connectivity index (χ0v) is 17.7. The molecule has 9 heteroatoms. The number of nitrogens with one attached hydrogen (secondary N) is 1. The highest BCUT2D eigenvalue weighted by Crippen LogP contribution is 2.28. The molecule has 0 fully saturated rings. The van der Waals surface area contributed by atoms with Gasteiger partial charge in [-0.1, -0.05) is 59.8 Å². The van der Waals surface area contributed by atoms with Crippen molar-refractivity contribution in [3.05, 3.63) is 71.3 Å². The van der Waals surface area contributed by atoms with Crippen molar-refractivity contribution in [2.45, 2.75) is 17.3 Å². The Labute approximate surface area is 181 Å². The lowest BCUT2D eigenvalue weighted by Crippen LogP contribution is -2.22. The third kappa shape index (κ3) is 4.67. The quantitative estimate of drug-likeness (QED) is 0.418. The van der Waals surface area contributed by atoms with Gasteiger partial charge < -0.3 is 5.32 Å². The Hall–Kier alpha value is -2.68. The molecule has 0 saturated carbocycles. The van der Waals surface area contributed by atoms with E-state index in [-0.39, 0.29) is 11.2 Å². The highest BCUT2D eigenvalue weighted by molar-refractivity contribution is 8.00. The number of aromatic nitrogens is 4. The van der Waals surface area contributed by atoms with Gasteiger partial charge in [0.1, 0.15) is 6.33 Å². The second-order valence-electron chi connectivity index (χ2n) is 6.12. The lowest BCUT2D eigenvalue weighted by molar-refractivity contribution is -0.115. The molecule has 4 aromatic rings. The minimum absolute atomic E-state index is 0.149. The zero-order chi connectivity index (χ0) is 20.2. The summed E-state index contributed by atoms with van der Waals surface area (Å²) in [6, 6.07) is 17.2. The third-order valence-corrected chi connectivity index (χ3v) is 6.11. The number of anilines is 1. The van der Waals surface area contributed by atoms with Gasteiger partial charge in [-0.3, -0.25) is 9.36 Å². The number of thioether (sulfide) groups is 1. The number of hydrogen-bond donors (Lipinski definition) is 1. The van der Waals surface area contributed by atoms with Gasteiger partial charge in [0.05, 0.1) is 16.6 Å². The summed E-state index contributed by atoms with van der Waals surface area (Å²) >= 11 is 8.79. The average Bonchev–Trinajstić information content (AvgIpc) is 3.38. The summed E-state index contributed by atoms with van der Waals surface area (Å²) in [5.74, 6) is -0.149. The van der Waals surface area contributed by atoms with Gasteiger partial charge in [0.2, 0.25) is 5.91 Å². The molecule has 29 heavy (non-hydrogen) atoms. The number of thiazole rings is 1. The molecular weight excluding hydrogens is 426 g/mol. The number of hydrogen-bond acceptors (Lipinski definition) is 6. The molecule has 2 heterocycles. The summed E-state index contributed by atoms with van der Waals surface area (Å²) < 4.78 is 1.80. The van der Waals surface area contributed by atoms with Gasteiger partial charge in [0, 0.05) is 16.0 Å². The van der Waals surface area contributed by atoms with E-state index in [1.807, 2.05) is 60.8 Å². The minimum atomic E-state index is -0.388. The van der Waals surface area contributed by atoms with E-state index < -0.39 is 0 Å². The summed E-state index contributed by atoms with van der Waals surface area (Å²) in [6.45, 7) is 1.82. The molecule has 1 atom stereocenters. The van der Waals surface area contributed by atoms with Crippen LogP contribution in [0.3, 0.4) is 0 Å². The molecule has 0 saturated heterocycles. The maximum atomic E-state index is 12.6. The van der Waals surface area contributed by atoms with Gasteiger partial charge in [-0.15, -0.1) is 21.5 Å². The molecule has 0 aliphatic heterocycles. The number of amides is 1. The maximum Gasteiger partial charge on any atom is 0.239 e. The van der Waals surface area contributed by atoms with E-state index in [9.17, 15) is 4.79 Å². The summed E-state index contributed by atoms with van der Waals surface area (Å²) in [4.78, 5) is 17.1. The van der Waals surface area contributed by atoms with Gasteiger partial charge in [-0.05, 0) is 25.1 Å². The third-order valence-electron chi connectivity index (χ3n) is 4.06. The first-order chi connectivity index (χ1) is 14.1. The molecule has 0 radical (unpaired) electrons. The molecule has 146 valence electrons. The number of carbonyl (C=O) groups excluding carboxylic acids is 1. The van der Waals surface area contributed by atoms with Crippen LogP contribution in [0.2, 0.25) is 5.02 Å². The number of halogens is 1. The van der Waals surface area contributed by atoms with Gasteiger partial charge in [0.15, 0.2) is 10.3 Å². The Balaban J connectivity index is 1.44. The standard InChI is InChI=1S/C20H16ClN5OS2/c1-13(29-20-25-22-12-26(20)16-9-5-8-15(21)10-16)18(27)24-19-23-17(11-28-19)14-6-3-2-4-7-14/h2-13H,1H3,(H,23,24,27). The van der Waals surface area contributed by atoms with Crippen molar-refractivity contribution < 1.29 is 4.79 Å². The summed E-state index contributed by atoms with van der Waals surface area (Å²) in [6.07, 6.45) is 1.60. The number of benzene rings is 2. The Morgan fingerprint density at radius 3 is 2.83 bits per heavy atom. The lowest BCUT2D eigenvalue weighted by Gasteiger charge is -2.11. The Morgan fingerprint density at radius 1 is 1.21 bits per heavy atom. The van der Waals surface area contributed by atoms with Crippen molar-refractivity contribution in [3.8, 4) is 16.9 Å². The Kier molecular flexibility index (Phi) is 5.94. The predicted octanol–water partition coefficient (Wildman–Crippen LogP) is 5.16. The van der Waals surface area contributed by atoms with Crippen LogP contribution in [0.4, 0.5) is 5.13 Å². The maximum absolute atomic E-state index is 12.6. The fourth-order valence-electron chi connectivity index (χ4n) is 2.60. The highest BCUT2D eigenvalue weighted by atomic mass is 35.5. The molecule has 2 aromatic heterocycles. The fraction of sp³-hybridized carbons (Fsp3) is 0.100. The summed E-state index contributed by atoms with van der Waals surface area (Å²) in [7, 11) is 0. The van der Waals surface area contributed by atoms with Crippen molar-refractivity contribution in [1.29, 1.82) is 0 Å². The normalized spacial score (nSPS) is 11.9. The van der Waals surface area contributed by atoms with E-state index in [4.69, 9.17) is 11.6 Å². The molecule has 1 unspecified atom stereocenters.